The van der Waals surface area contributed by atoms with Crippen molar-refractivity contribution in [2.45, 2.75) is 6.92 Å². The smallest absolute Gasteiger partial charge is 0.374 e. The Morgan fingerprint density at radius 2 is 1.81 bits per heavy atom. The average Bonchev–Trinajstić information content (AvgIpc) is 2.28. The monoisotopic (exact) mass is 229 g/mol. The molecule has 0 radical (unpaired) electrons. The van der Waals surface area contributed by atoms with Crippen molar-refractivity contribution in [2.75, 3.05) is 7.11 Å². The third-order valence-electron chi connectivity index (χ3n) is 1.74. The average molecular weight is 229 g/mol. The van der Waals surface area contributed by atoms with Crippen LogP contribution in [0.5, 0.6) is 0 Å². The molecule has 0 fully saturated rings. The molecular weight excluding hydrogens is 217 g/mol. The molecule has 0 unspecified atom stereocenters. The highest BCUT2D eigenvalue weighted by Crippen LogP contribution is 2.09. The fourth-order valence-electron chi connectivity index (χ4n) is 1.09. The maximum atomic E-state index is 11.3. The first-order valence-corrected chi connectivity index (χ1v) is 4.67. The summed E-state index contributed by atoms with van der Waals surface area (Å²) in [5.41, 5.74) is 0.754. The summed E-state index contributed by atoms with van der Waals surface area (Å²) in [6, 6.07) is 9.04. The van der Waals surface area contributed by atoms with E-state index in [0.717, 1.165) is 5.56 Å². The number of hydrogen-bond acceptors (Lipinski definition) is 4. The maximum absolute atomic E-state index is 11.3. The van der Waals surface area contributed by atoms with E-state index in [1.54, 1.807) is 12.1 Å². The summed E-state index contributed by atoms with van der Waals surface area (Å²) in [6.45, 7) is 1.22. The van der Waals surface area contributed by atoms with Crippen LogP contribution in [0, 0.1) is 0 Å². The van der Waals surface area contributed by atoms with Crippen molar-refractivity contribution in [3.8, 4) is 0 Å². The van der Waals surface area contributed by atoms with Gasteiger partial charge in [-0.15, -0.1) is 0 Å². The van der Waals surface area contributed by atoms with Crippen LogP contribution in [-0.2, 0) is 19.1 Å². The number of carbonyl (C=O) groups excluding carboxylic acids is 2. The van der Waals surface area contributed by atoms with Crippen LogP contribution in [0.4, 0.5) is 0 Å². The first kappa shape index (κ1) is 12.0. The molecule has 0 saturated heterocycles. The van der Waals surface area contributed by atoms with Gasteiger partial charge in [0.05, 0.1) is 7.11 Å². The molecule has 0 bridgehead atoms. The molecule has 0 amide bonds. The molecule has 0 saturated carbocycles. The van der Waals surface area contributed by atoms with E-state index in [-0.39, 0.29) is 5.76 Å². The fourth-order valence-corrected chi connectivity index (χ4v) is 1.09. The minimum Gasteiger partial charge on any atom is -0.463 e. The fraction of sp³-hybridized carbons (Fsp3) is 0.167. The van der Waals surface area contributed by atoms with Gasteiger partial charge in [-0.05, 0) is 11.6 Å². The van der Waals surface area contributed by atoms with Crippen LogP contribution in [0.2, 0.25) is 0 Å². The first-order chi connectivity index (χ1) is 7.63. The molecule has 0 aliphatic carbocycles. The molecule has 0 atom stereocenters. The molecule has 0 N–H and O–H groups in total. The van der Waals surface area contributed by atoms with Crippen molar-refractivity contribution in [2.24, 2.45) is 0 Å². The molecule has 4 nitrogen and oxygen atoms in total. The number of benzene rings is 1. The third kappa shape index (κ3) is 3.57. The molecule has 0 aliphatic rings. The van der Waals surface area contributed by atoms with Gasteiger partial charge in [0, 0.05) is 6.92 Å². The molecule has 1 aromatic rings. The van der Waals surface area contributed by atoms with Gasteiger partial charge in [-0.3, -0.25) is 4.79 Å². The van der Waals surface area contributed by atoms with Gasteiger partial charge >= 0.3 is 11.9 Å². The van der Waals surface area contributed by atoms with Crippen LogP contribution in [0.15, 0.2) is 36.1 Å². The summed E-state index contributed by atoms with van der Waals surface area (Å²) in [5.74, 6) is -1.37. The van der Waals surface area contributed by atoms with Crippen molar-refractivity contribution in [1.29, 1.82) is 0 Å². The zero-order chi connectivity index (χ0) is 12.0. The Morgan fingerprint density at radius 3 is 2.31 bits per heavy atom. The zero-order valence-corrected chi connectivity index (χ0v) is 9.10. The van der Waals surface area contributed by atoms with Crippen molar-refractivity contribution in [3.63, 3.8) is 0 Å². The first-order valence-electron chi connectivity index (χ1n) is 4.67. The van der Waals surface area contributed by atoms with E-state index < -0.39 is 11.9 Å². The van der Waals surface area contributed by atoms with Crippen LogP contribution in [-0.4, -0.2) is 19.0 Å². The van der Waals surface area contributed by atoms with Gasteiger partial charge in [-0.1, -0.05) is 30.3 Å². The van der Waals surface area contributed by atoms with E-state index in [9.17, 15) is 9.59 Å². The molecule has 0 spiro atoms. The number of methoxy groups -OCH3 is 1. The second-order valence-corrected chi connectivity index (χ2v) is 3.00. The van der Waals surface area contributed by atoms with Crippen LogP contribution in [0.25, 0.3) is 6.08 Å². The maximum Gasteiger partial charge on any atom is 0.374 e. The molecule has 0 aromatic heterocycles. The Bertz CT molecular complexity index is 406. The van der Waals surface area contributed by atoms with Gasteiger partial charge in [-0.2, -0.15) is 0 Å². The second-order valence-electron chi connectivity index (χ2n) is 3.00. The second kappa shape index (κ2) is 5.70. The van der Waals surface area contributed by atoms with E-state index in [0.29, 0.717) is 0 Å². The highest BCUT2D eigenvalue weighted by atomic mass is 16.7. The summed E-state index contributed by atoms with van der Waals surface area (Å²) in [6.07, 6.45) is 1.45. The topological polar surface area (TPSA) is 52.6 Å². The van der Waals surface area contributed by atoms with E-state index in [4.69, 9.17) is 4.74 Å². The Morgan fingerprint density at radius 1 is 1.19 bits per heavy atom. The normalized spacial score (nSPS) is 10.8. The molecule has 0 aliphatic heterocycles. The quantitative estimate of drug-likeness (QED) is 0.343. The number of ether oxygens (including phenoxy) is 2. The summed E-state index contributed by atoms with van der Waals surface area (Å²) in [7, 11) is 1.23. The van der Waals surface area contributed by atoms with Gasteiger partial charge in [0.1, 0.15) is 0 Å². The van der Waals surface area contributed by atoms with Crippen LogP contribution in [0.1, 0.15) is 12.5 Å². The molecule has 0 heterocycles. The summed E-state index contributed by atoms with van der Waals surface area (Å²) in [4.78, 5) is 22.1. The molecule has 1 rings (SSSR count). The van der Waals surface area contributed by atoms with Crippen molar-refractivity contribution < 1.29 is 19.1 Å². The van der Waals surface area contributed by atoms with E-state index in [2.05, 4.69) is 4.74 Å². The van der Waals surface area contributed by atoms with Gasteiger partial charge in [0.2, 0.25) is 5.76 Å². The van der Waals surface area contributed by atoms with Crippen LogP contribution in [0.3, 0.4) is 0 Å². The third-order valence-corrected chi connectivity index (χ3v) is 1.74. The predicted molar refractivity (Wildman–Crippen MR) is 58.2 cm³/mol. The van der Waals surface area contributed by atoms with E-state index in [1.807, 2.05) is 18.2 Å². The summed E-state index contributed by atoms with van der Waals surface area (Å²) >= 11 is 0. The van der Waals surface area contributed by atoms with Gasteiger partial charge in [0.25, 0.3) is 0 Å². The Kier molecular flexibility index (Phi) is 4.27. The van der Waals surface area contributed by atoms with Gasteiger partial charge in [0.15, 0.2) is 0 Å². The highest BCUT2D eigenvalue weighted by Gasteiger charge is 2.13. The van der Waals surface area contributed by atoms with Crippen molar-refractivity contribution >= 4 is 18.0 Å². The lowest BCUT2D eigenvalue weighted by Gasteiger charge is -2.04. The number of rotatable bonds is 3. The number of hydrogen-bond donors (Lipinski definition) is 0. The highest BCUT2D eigenvalue weighted by molar-refractivity contribution is 5.93. The van der Waals surface area contributed by atoms with Crippen LogP contribution >= 0.6 is 0 Å². The van der Waals surface area contributed by atoms with Crippen LogP contribution < -0.4 is 0 Å². The van der Waals surface area contributed by atoms with Crippen molar-refractivity contribution in [3.05, 3.63) is 41.7 Å². The number of esters is 2. The lowest BCUT2D eigenvalue weighted by Crippen LogP contribution is -2.10. The summed E-state index contributed by atoms with van der Waals surface area (Å²) < 4.78 is 9.26. The molecular formula is C12H12O4. The lowest BCUT2D eigenvalue weighted by atomic mass is 10.8. The van der Waals surface area contributed by atoms with E-state index in [1.165, 1.54) is 20.1 Å². The Labute approximate surface area is 93.5 Å². The Balaban J connectivity index is 2.96. The summed E-state index contributed by atoms with van der Waals surface area (Å²) in [5, 5.41) is 0. The molecule has 16 heavy (non-hydrogen) atoms. The largest absolute Gasteiger partial charge is 0.463 e. The predicted octanol–water partition coefficient (Wildman–Crippen LogP) is 1.76. The van der Waals surface area contributed by atoms with Crippen molar-refractivity contribution in [1.82, 2.24) is 0 Å². The minimum absolute atomic E-state index is 0.124. The van der Waals surface area contributed by atoms with E-state index >= 15 is 0 Å². The van der Waals surface area contributed by atoms with Gasteiger partial charge < -0.3 is 9.47 Å². The lowest BCUT2D eigenvalue weighted by molar-refractivity contribution is -0.148. The van der Waals surface area contributed by atoms with Gasteiger partial charge in [-0.25, -0.2) is 4.79 Å². The number of carbonyl (C=O) groups is 2. The zero-order valence-electron chi connectivity index (χ0n) is 9.10. The standard InChI is InChI=1S/C12H12O4/c1-9(13)16-11(12(14)15-2)8-10-6-4-3-5-7-10/h3-8H,1-2H3/b11-8+/i3+1,4+1,5+1,6+1,7+1,8+1,10+1,11+1,12+1. The minimum atomic E-state index is -0.681. The molecule has 1 aromatic carbocycles. The SMILES string of the molecule is CO[13C](=O)/[13C](=[13CH]\[13c]1[13cH][13cH][13cH][13cH][13cH]1)OC(C)=O. The Hall–Kier alpha value is -2.10. The molecule has 84 valence electrons. The molecule has 4 heteroatoms.